The summed E-state index contributed by atoms with van der Waals surface area (Å²) < 4.78 is 31.6. The summed E-state index contributed by atoms with van der Waals surface area (Å²) in [4.78, 5) is 22.7. The van der Waals surface area contributed by atoms with Crippen LogP contribution < -0.4 is 5.32 Å². The van der Waals surface area contributed by atoms with E-state index >= 15 is 0 Å². The normalized spacial score (nSPS) is 30.4. The molecule has 0 aromatic carbocycles. The summed E-state index contributed by atoms with van der Waals surface area (Å²) in [6, 6.07) is -0.0187. The van der Waals surface area contributed by atoms with Gasteiger partial charge >= 0.3 is 5.97 Å². The molecule has 2 rings (SSSR count). The zero-order valence-corrected chi connectivity index (χ0v) is 12.1. The predicted molar refractivity (Wildman–Crippen MR) is 69.2 cm³/mol. The van der Waals surface area contributed by atoms with Crippen LogP contribution in [0.2, 0.25) is 0 Å². The largest absolute Gasteiger partial charge is 0.462 e. The highest BCUT2D eigenvalue weighted by molar-refractivity contribution is 7.85. The van der Waals surface area contributed by atoms with Crippen molar-refractivity contribution in [3.8, 4) is 0 Å². The second kappa shape index (κ2) is 6.09. The number of rotatable bonds is 6. The molecule has 2 aliphatic rings. The minimum absolute atomic E-state index is 0.00788. The number of amides is 1. The maximum atomic E-state index is 11.4. The Morgan fingerprint density at radius 1 is 1.40 bits per heavy atom. The fraction of sp³-hybridized carbons (Fsp3) is 0.833. The lowest BCUT2D eigenvalue weighted by atomic mass is 9.89. The number of esters is 1. The summed E-state index contributed by atoms with van der Waals surface area (Å²) >= 11 is 0. The second-order valence-electron chi connectivity index (χ2n) is 5.28. The van der Waals surface area contributed by atoms with Crippen LogP contribution in [-0.2, 0) is 28.6 Å². The maximum absolute atomic E-state index is 11.4. The van der Waals surface area contributed by atoms with Crippen molar-refractivity contribution in [2.75, 3.05) is 12.9 Å². The highest BCUT2D eigenvalue weighted by atomic mass is 32.2. The second-order valence-corrected chi connectivity index (χ2v) is 6.92. The lowest BCUT2D eigenvalue weighted by Gasteiger charge is -2.22. The van der Waals surface area contributed by atoms with Crippen LogP contribution in [0.5, 0.6) is 0 Å². The van der Waals surface area contributed by atoms with Crippen LogP contribution in [-0.4, -0.2) is 45.3 Å². The summed E-state index contributed by atoms with van der Waals surface area (Å²) in [7, 11) is -3.43. The van der Waals surface area contributed by atoms with Crippen LogP contribution in [0.15, 0.2) is 0 Å². The molecule has 2 saturated heterocycles. The van der Waals surface area contributed by atoms with E-state index in [1.165, 1.54) is 0 Å². The van der Waals surface area contributed by atoms with Crippen molar-refractivity contribution in [3.05, 3.63) is 0 Å². The number of ether oxygens (including phenoxy) is 1. The van der Waals surface area contributed by atoms with Crippen LogP contribution >= 0.6 is 0 Å². The van der Waals surface area contributed by atoms with Gasteiger partial charge in [0.25, 0.3) is 10.1 Å². The van der Waals surface area contributed by atoms with Gasteiger partial charge in [0.15, 0.2) is 0 Å². The molecule has 0 unspecified atom stereocenters. The monoisotopic (exact) mass is 305 g/mol. The molecule has 2 aliphatic heterocycles. The van der Waals surface area contributed by atoms with Crippen molar-refractivity contribution in [1.82, 2.24) is 5.32 Å². The van der Waals surface area contributed by atoms with Crippen LogP contribution in [0.1, 0.15) is 32.1 Å². The van der Waals surface area contributed by atoms with Crippen LogP contribution in [0, 0.1) is 5.92 Å². The minimum Gasteiger partial charge on any atom is -0.462 e. The fourth-order valence-corrected chi connectivity index (χ4v) is 3.18. The number of cyclic esters (lactones) is 1. The van der Waals surface area contributed by atoms with Gasteiger partial charge in [-0.25, -0.2) is 0 Å². The van der Waals surface area contributed by atoms with Crippen molar-refractivity contribution < 1.29 is 26.9 Å². The van der Waals surface area contributed by atoms with E-state index in [0.29, 0.717) is 25.7 Å². The smallest absolute Gasteiger partial charge is 0.306 e. The van der Waals surface area contributed by atoms with Crippen molar-refractivity contribution in [3.63, 3.8) is 0 Å². The third-order valence-corrected chi connectivity index (χ3v) is 4.23. The van der Waals surface area contributed by atoms with Gasteiger partial charge in [0, 0.05) is 18.4 Å². The molecular formula is C12H19NO6S. The highest BCUT2D eigenvalue weighted by Gasteiger charge is 2.41. The zero-order valence-electron chi connectivity index (χ0n) is 11.3. The first-order valence-electron chi connectivity index (χ1n) is 6.68. The molecule has 3 atom stereocenters. The molecule has 0 aliphatic carbocycles. The summed E-state index contributed by atoms with van der Waals surface area (Å²) in [5, 5.41) is 2.86. The van der Waals surface area contributed by atoms with Gasteiger partial charge in [-0.05, 0) is 19.3 Å². The SMILES string of the molecule is CS(=O)(=O)OCCC[C@H]1OC(=O)C[C@@H]1[C@H]1CCC(=O)N1. The number of hydrogen-bond donors (Lipinski definition) is 1. The molecule has 0 aromatic rings. The molecule has 8 heteroatoms. The molecule has 0 radical (unpaired) electrons. The molecule has 7 nitrogen and oxygen atoms in total. The van der Waals surface area contributed by atoms with Gasteiger partial charge in [0.1, 0.15) is 6.10 Å². The molecule has 1 amide bonds. The molecule has 2 heterocycles. The Labute approximate surface area is 118 Å². The first kappa shape index (κ1) is 15.2. The van der Waals surface area contributed by atoms with Crippen molar-refractivity contribution in [2.24, 2.45) is 5.92 Å². The van der Waals surface area contributed by atoms with Gasteiger partial charge in [0.05, 0.1) is 19.3 Å². The van der Waals surface area contributed by atoms with E-state index < -0.39 is 10.1 Å². The Morgan fingerprint density at radius 2 is 2.15 bits per heavy atom. The molecule has 114 valence electrons. The molecule has 1 N–H and O–H groups in total. The van der Waals surface area contributed by atoms with E-state index in [2.05, 4.69) is 9.50 Å². The van der Waals surface area contributed by atoms with Crippen LogP contribution in [0.3, 0.4) is 0 Å². The fourth-order valence-electron chi connectivity index (χ4n) is 2.76. The van der Waals surface area contributed by atoms with Gasteiger partial charge in [-0.2, -0.15) is 8.42 Å². The number of carbonyl (C=O) groups excluding carboxylic acids is 2. The maximum Gasteiger partial charge on any atom is 0.306 e. The predicted octanol–water partition coefficient (Wildman–Crippen LogP) is -0.0469. The van der Waals surface area contributed by atoms with Crippen molar-refractivity contribution in [2.45, 2.75) is 44.2 Å². The van der Waals surface area contributed by atoms with E-state index in [1.54, 1.807) is 0 Å². The summed E-state index contributed by atoms with van der Waals surface area (Å²) in [5.74, 6) is -0.272. The standard InChI is InChI=1S/C12H19NO6S/c1-20(16,17)18-6-2-3-10-8(7-12(15)19-10)9-4-5-11(14)13-9/h8-10H,2-7H2,1H3,(H,13,14)/t8-,9-,10-/m1/s1. The molecule has 0 spiro atoms. The third kappa shape index (κ3) is 4.17. The molecule has 0 saturated carbocycles. The van der Waals surface area contributed by atoms with Gasteiger partial charge in [-0.1, -0.05) is 0 Å². The van der Waals surface area contributed by atoms with E-state index in [-0.39, 0.29) is 36.5 Å². The van der Waals surface area contributed by atoms with Crippen molar-refractivity contribution in [1.29, 1.82) is 0 Å². The van der Waals surface area contributed by atoms with Crippen LogP contribution in [0.25, 0.3) is 0 Å². The molecule has 0 bridgehead atoms. The Balaban J connectivity index is 1.82. The summed E-state index contributed by atoms with van der Waals surface area (Å²) in [6.45, 7) is 0.0800. The lowest BCUT2D eigenvalue weighted by Crippen LogP contribution is -2.37. The Bertz CT molecular complexity index is 488. The van der Waals surface area contributed by atoms with E-state index in [1.807, 2.05) is 0 Å². The topological polar surface area (TPSA) is 98.8 Å². The highest BCUT2D eigenvalue weighted by Crippen LogP contribution is 2.32. The van der Waals surface area contributed by atoms with Gasteiger partial charge < -0.3 is 10.1 Å². The van der Waals surface area contributed by atoms with Gasteiger partial charge in [-0.15, -0.1) is 0 Å². The van der Waals surface area contributed by atoms with Crippen LogP contribution in [0.4, 0.5) is 0 Å². The summed E-state index contributed by atoms with van der Waals surface area (Å²) in [6.07, 6.45) is 3.27. The van der Waals surface area contributed by atoms with Gasteiger partial charge in [-0.3, -0.25) is 13.8 Å². The van der Waals surface area contributed by atoms with Gasteiger partial charge in [0.2, 0.25) is 5.91 Å². The quantitative estimate of drug-likeness (QED) is 0.420. The average Bonchev–Trinajstić information content (AvgIpc) is 2.90. The molecule has 2 fully saturated rings. The Hall–Kier alpha value is -1.15. The Morgan fingerprint density at radius 3 is 2.75 bits per heavy atom. The number of hydrogen-bond acceptors (Lipinski definition) is 6. The zero-order chi connectivity index (χ0) is 14.8. The third-order valence-electron chi connectivity index (χ3n) is 3.64. The molecular weight excluding hydrogens is 286 g/mol. The summed E-state index contributed by atoms with van der Waals surface area (Å²) in [5.41, 5.74) is 0. The van der Waals surface area contributed by atoms with E-state index in [4.69, 9.17) is 4.74 Å². The van der Waals surface area contributed by atoms with E-state index in [0.717, 1.165) is 12.7 Å². The first-order valence-corrected chi connectivity index (χ1v) is 8.50. The first-order chi connectivity index (χ1) is 9.35. The lowest BCUT2D eigenvalue weighted by molar-refractivity contribution is -0.141. The average molecular weight is 305 g/mol. The van der Waals surface area contributed by atoms with Crippen molar-refractivity contribution >= 4 is 22.0 Å². The molecule has 0 aromatic heterocycles. The Kier molecular flexibility index (Phi) is 4.64. The number of carbonyl (C=O) groups is 2. The van der Waals surface area contributed by atoms with E-state index in [9.17, 15) is 18.0 Å². The minimum atomic E-state index is -3.43. The molecule has 20 heavy (non-hydrogen) atoms. The number of nitrogens with one attached hydrogen (secondary N) is 1.